The minimum Gasteiger partial charge on any atom is -0.378 e. The lowest BCUT2D eigenvalue weighted by molar-refractivity contribution is 0.0695. The second-order valence-electron chi connectivity index (χ2n) is 2.20. The Morgan fingerprint density at radius 2 is 2.18 bits per heavy atom. The SMILES string of the molecule is C1CN(C2=NSSS2)CCO1. The van der Waals surface area contributed by atoms with E-state index in [-0.39, 0.29) is 0 Å². The second kappa shape index (κ2) is 3.93. The molecule has 0 amide bonds. The van der Waals surface area contributed by atoms with Crippen LogP contribution in [-0.4, -0.2) is 36.4 Å². The minimum atomic E-state index is 0.842. The third-order valence-electron chi connectivity index (χ3n) is 1.54. The molecule has 2 aliphatic rings. The van der Waals surface area contributed by atoms with E-state index in [1.165, 1.54) is 0 Å². The third-order valence-corrected chi connectivity index (χ3v) is 4.74. The number of hydrogen-bond donors (Lipinski definition) is 0. The van der Waals surface area contributed by atoms with E-state index in [1.807, 2.05) is 0 Å². The van der Waals surface area contributed by atoms with Crippen LogP contribution in [0.1, 0.15) is 0 Å². The highest BCUT2D eigenvalue weighted by molar-refractivity contribution is 9.13. The van der Waals surface area contributed by atoms with E-state index < -0.39 is 0 Å². The Hall–Kier alpha value is 0.480. The van der Waals surface area contributed by atoms with Crippen LogP contribution >= 0.6 is 31.6 Å². The molecule has 2 heterocycles. The van der Waals surface area contributed by atoms with E-state index in [0.29, 0.717) is 0 Å². The first-order valence-corrected chi connectivity index (χ1v) is 6.82. The fourth-order valence-corrected chi connectivity index (χ4v) is 4.20. The van der Waals surface area contributed by atoms with E-state index in [2.05, 4.69) is 9.30 Å². The van der Waals surface area contributed by atoms with Gasteiger partial charge in [0.15, 0.2) is 5.17 Å². The van der Waals surface area contributed by atoms with E-state index in [4.69, 9.17) is 4.74 Å². The normalized spacial score (nSPS) is 25.5. The first-order valence-electron chi connectivity index (χ1n) is 3.38. The van der Waals surface area contributed by atoms with Crippen molar-refractivity contribution in [2.24, 2.45) is 4.40 Å². The maximum atomic E-state index is 5.24. The molecule has 0 aromatic carbocycles. The molecule has 1 fully saturated rings. The predicted molar refractivity (Wildman–Crippen MR) is 52.6 cm³/mol. The van der Waals surface area contributed by atoms with Gasteiger partial charge in [0.1, 0.15) is 0 Å². The molecule has 1 saturated heterocycles. The van der Waals surface area contributed by atoms with Crippen LogP contribution in [0.2, 0.25) is 0 Å². The van der Waals surface area contributed by atoms with Gasteiger partial charge in [-0.3, -0.25) is 0 Å². The molecule has 2 rings (SSSR count). The van der Waals surface area contributed by atoms with Crippen molar-refractivity contribution in [3.8, 4) is 0 Å². The summed E-state index contributed by atoms with van der Waals surface area (Å²) in [5, 5.41) is 1.16. The Kier molecular flexibility index (Phi) is 2.89. The van der Waals surface area contributed by atoms with Gasteiger partial charge in [-0.25, -0.2) is 0 Å². The zero-order valence-corrected chi connectivity index (χ0v) is 8.31. The molecule has 0 bridgehead atoms. The highest BCUT2D eigenvalue weighted by Gasteiger charge is 2.19. The van der Waals surface area contributed by atoms with Crippen LogP contribution < -0.4 is 0 Å². The summed E-state index contributed by atoms with van der Waals surface area (Å²) in [5.74, 6) is 0. The Bertz CT molecular complexity index is 169. The van der Waals surface area contributed by atoms with Crippen LogP contribution in [0.3, 0.4) is 0 Å². The maximum absolute atomic E-state index is 5.24. The van der Waals surface area contributed by atoms with Gasteiger partial charge in [0.05, 0.1) is 24.2 Å². The lowest BCUT2D eigenvalue weighted by Gasteiger charge is -2.26. The average molecular weight is 208 g/mol. The van der Waals surface area contributed by atoms with Crippen LogP contribution in [0.15, 0.2) is 4.40 Å². The van der Waals surface area contributed by atoms with Crippen molar-refractivity contribution >= 4 is 36.8 Å². The van der Waals surface area contributed by atoms with Crippen LogP contribution in [0, 0.1) is 0 Å². The fraction of sp³-hybridized carbons (Fsp3) is 0.800. The van der Waals surface area contributed by atoms with Crippen LogP contribution in [0.25, 0.3) is 0 Å². The second-order valence-corrected chi connectivity index (χ2v) is 5.78. The molecular formula is C5H8N2OS3. The first-order chi connectivity index (χ1) is 5.47. The molecule has 0 aromatic rings. The average Bonchev–Trinajstić information content (AvgIpc) is 2.58. The zero-order chi connectivity index (χ0) is 7.52. The van der Waals surface area contributed by atoms with Crippen LogP contribution in [0.4, 0.5) is 0 Å². The van der Waals surface area contributed by atoms with Crippen LogP contribution in [-0.2, 0) is 4.74 Å². The molecule has 0 spiro atoms. The van der Waals surface area contributed by atoms with Crippen LogP contribution in [0.5, 0.6) is 0 Å². The van der Waals surface area contributed by atoms with E-state index in [0.717, 1.165) is 31.5 Å². The smallest absolute Gasteiger partial charge is 0.184 e. The molecule has 0 atom stereocenters. The summed E-state index contributed by atoms with van der Waals surface area (Å²) < 4.78 is 9.53. The molecule has 0 unspecified atom stereocenters. The highest BCUT2D eigenvalue weighted by Crippen LogP contribution is 2.44. The Morgan fingerprint density at radius 1 is 1.36 bits per heavy atom. The number of ether oxygens (including phenoxy) is 1. The summed E-state index contributed by atoms with van der Waals surface area (Å²) in [4.78, 5) is 2.28. The van der Waals surface area contributed by atoms with Crippen molar-refractivity contribution in [3.63, 3.8) is 0 Å². The molecule has 11 heavy (non-hydrogen) atoms. The highest BCUT2D eigenvalue weighted by atomic mass is 33.5. The standard InChI is InChI=1S/C5H8N2OS3/c1-3-8-4-2-7(1)5-6-10-11-9-5/h1-4H2. The molecule has 0 radical (unpaired) electrons. The summed E-state index contributed by atoms with van der Waals surface area (Å²) in [6, 6.07) is 0. The van der Waals surface area contributed by atoms with Crippen molar-refractivity contribution in [2.75, 3.05) is 26.3 Å². The molecule has 3 nitrogen and oxygen atoms in total. The third kappa shape index (κ3) is 1.99. The van der Waals surface area contributed by atoms with Gasteiger partial charge in [-0.15, -0.1) is 0 Å². The largest absolute Gasteiger partial charge is 0.378 e. The molecule has 2 aliphatic heterocycles. The molecule has 0 N–H and O–H groups in total. The molecular weight excluding hydrogens is 200 g/mol. The zero-order valence-electron chi connectivity index (χ0n) is 5.86. The van der Waals surface area contributed by atoms with Gasteiger partial charge in [-0.1, -0.05) is 0 Å². The lowest BCUT2D eigenvalue weighted by Crippen LogP contribution is -2.38. The summed E-state index contributed by atoms with van der Waals surface area (Å²) in [5.41, 5.74) is 0. The Balaban J connectivity index is 1.92. The summed E-state index contributed by atoms with van der Waals surface area (Å²) >= 11 is 0. The van der Waals surface area contributed by atoms with Crippen molar-refractivity contribution in [3.05, 3.63) is 0 Å². The van der Waals surface area contributed by atoms with Crippen molar-refractivity contribution in [1.82, 2.24) is 4.90 Å². The van der Waals surface area contributed by atoms with Gasteiger partial charge in [0.25, 0.3) is 0 Å². The summed E-state index contributed by atoms with van der Waals surface area (Å²) in [7, 11) is 5.03. The topological polar surface area (TPSA) is 24.8 Å². The van der Waals surface area contributed by atoms with Gasteiger partial charge < -0.3 is 9.64 Å². The summed E-state index contributed by atoms with van der Waals surface area (Å²) in [6.07, 6.45) is 0. The fourth-order valence-electron chi connectivity index (χ4n) is 0.973. The Labute approximate surface area is 77.3 Å². The van der Waals surface area contributed by atoms with Gasteiger partial charge in [-0.2, -0.15) is 4.40 Å². The number of nitrogens with zero attached hydrogens (tertiary/aromatic N) is 2. The van der Waals surface area contributed by atoms with Crippen molar-refractivity contribution < 1.29 is 4.74 Å². The minimum absolute atomic E-state index is 0.842. The quantitative estimate of drug-likeness (QED) is 0.445. The van der Waals surface area contributed by atoms with Gasteiger partial charge in [-0.05, 0) is 10.8 Å². The Morgan fingerprint density at radius 3 is 2.82 bits per heavy atom. The van der Waals surface area contributed by atoms with E-state index in [1.54, 1.807) is 31.6 Å². The van der Waals surface area contributed by atoms with E-state index in [9.17, 15) is 0 Å². The van der Waals surface area contributed by atoms with Gasteiger partial charge >= 0.3 is 0 Å². The lowest BCUT2D eigenvalue weighted by atomic mass is 10.5. The van der Waals surface area contributed by atoms with Crippen molar-refractivity contribution in [1.29, 1.82) is 0 Å². The van der Waals surface area contributed by atoms with Gasteiger partial charge in [0, 0.05) is 22.9 Å². The summed E-state index contributed by atoms with van der Waals surface area (Å²) in [6.45, 7) is 3.67. The molecule has 6 heteroatoms. The first kappa shape index (κ1) is 8.10. The molecule has 0 aromatic heterocycles. The number of rotatable bonds is 0. The molecule has 0 aliphatic carbocycles. The predicted octanol–water partition coefficient (Wildman–Crippen LogP) is 1.63. The maximum Gasteiger partial charge on any atom is 0.184 e. The molecule has 0 saturated carbocycles. The number of amidine groups is 1. The van der Waals surface area contributed by atoms with Gasteiger partial charge in [0.2, 0.25) is 0 Å². The van der Waals surface area contributed by atoms with E-state index >= 15 is 0 Å². The van der Waals surface area contributed by atoms with Crippen molar-refractivity contribution in [2.45, 2.75) is 0 Å². The monoisotopic (exact) mass is 208 g/mol. The number of morpholine rings is 1. The number of hydrogen-bond acceptors (Lipinski definition) is 6. The molecule has 62 valence electrons.